The summed E-state index contributed by atoms with van der Waals surface area (Å²) in [4.78, 5) is 24.2. The number of amides is 1. The highest BCUT2D eigenvalue weighted by molar-refractivity contribution is 6.27. The van der Waals surface area contributed by atoms with Crippen molar-refractivity contribution >= 4 is 23.5 Å². The lowest BCUT2D eigenvalue weighted by molar-refractivity contribution is -0.141. The van der Waals surface area contributed by atoms with Gasteiger partial charge in [-0.1, -0.05) is 49.7 Å². The van der Waals surface area contributed by atoms with Crippen molar-refractivity contribution in [2.45, 2.75) is 32.9 Å². The van der Waals surface area contributed by atoms with Gasteiger partial charge in [0.25, 0.3) is 0 Å². The smallest absolute Gasteiger partial charge is 0.326 e. The lowest BCUT2D eigenvalue weighted by atomic mass is 9.97. The van der Waals surface area contributed by atoms with E-state index in [1.165, 1.54) is 5.54 Å². The van der Waals surface area contributed by atoms with Gasteiger partial charge < -0.3 is 24.6 Å². The van der Waals surface area contributed by atoms with Crippen LogP contribution in [0.15, 0.2) is 47.5 Å². The predicted molar refractivity (Wildman–Crippen MR) is 128 cm³/mol. The van der Waals surface area contributed by atoms with Gasteiger partial charge in [-0.2, -0.15) is 0 Å². The second-order valence-corrected chi connectivity index (χ2v) is 8.01. The van der Waals surface area contributed by atoms with Crippen molar-refractivity contribution in [1.29, 1.82) is 0 Å². The van der Waals surface area contributed by atoms with E-state index in [4.69, 9.17) is 25.8 Å². The highest BCUT2D eigenvalue weighted by atomic mass is 35.5. The molecule has 2 rings (SSSR count). The molecular formula is C25H30ClNO6. The van der Waals surface area contributed by atoms with Crippen molar-refractivity contribution in [3.8, 4) is 22.6 Å². The monoisotopic (exact) mass is 475 g/mol. The van der Waals surface area contributed by atoms with E-state index in [0.29, 0.717) is 23.7 Å². The van der Waals surface area contributed by atoms with Crippen LogP contribution >= 0.6 is 11.6 Å². The zero-order valence-electron chi connectivity index (χ0n) is 19.5. The average Bonchev–Trinajstić information content (AvgIpc) is 2.78. The lowest BCUT2D eigenvalue weighted by Crippen LogP contribution is -2.43. The average molecular weight is 476 g/mol. The van der Waals surface area contributed by atoms with Gasteiger partial charge in [0.2, 0.25) is 5.91 Å². The Bertz CT molecular complexity index is 975. The zero-order valence-corrected chi connectivity index (χ0v) is 20.2. The molecule has 0 aliphatic rings. The Hall–Kier alpha value is -3.03. The number of carbonyl (C=O) groups excluding carboxylic acids is 1. The molecule has 0 saturated carbocycles. The van der Waals surface area contributed by atoms with Crippen LogP contribution < -0.4 is 14.8 Å². The van der Waals surface area contributed by atoms with Gasteiger partial charge in [0.05, 0.1) is 26.4 Å². The molecule has 0 radical (unpaired) electrons. The highest BCUT2D eigenvalue weighted by Crippen LogP contribution is 2.39. The number of hydrogen-bond donors (Lipinski definition) is 2. The van der Waals surface area contributed by atoms with E-state index in [0.717, 1.165) is 22.3 Å². The van der Waals surface area contributed by atoms with Crippen LogP contribution in [0.25, 0.3) is 11.1 Å². The first kappa shape index (κ1) is 26.2. The Morgan fingerprint density at radius 2 is 1.61 bits per heavy atom. The summed E-state index contributed by atoms with van der Waals surface area (Å²) in [6, 6.07) is 10.1. The number of carboxylic acids is 1. The molecule has 178 valence electrons. The molecule has 8 heteroatoms. The fourth-order valence-corrected chi connectivity index (χ4v) is 3.77. The number of halogens is 1. The van der Waals surface area contributed by atoms with Crippen molar-refractivity contribution < 1.29 is 28.9 Å². The van der Waals surface area contributed by atoms with Gasteiger partial charge in [-0.25, -0.2) is 4.79 Å². The highest BCUT2D eigenvalue weighted by Gasteiger charge is 2.23. The Balaban J connectivity index is 2.29. The summed E-state index contributed by atoms with van der Waals surface area (Å²) >= 11 is 5.74. The molecule has 2 aromatic carbocycles. The molecule has 1 amide bonds. The van der Waals surface area contributed by atoms with Crippen molar-refractivity contribution in [3.63, 3.8) is 0 Å². The van der Waals surface area contributed by atoms with Crippen LogP contribution in [0.4, 0.5) is 0 Å². The van der Waals surface area contributed by atoms with Crippen LogP contribution in [-0.2, 0) is 27.4 Å². The minimum absolute atomic E-state index is 0.121. The van der Waals surface area contributed by atoms with Gasteiger partial charge >= 0.3 is 5.97 Å². The van der Waals surface area contributed by atoms with Crippen LogP contribution in [-0.4, -0.2) is 44.4 Å². The molecule has 33 heavy (non-hydrogen) atoms. The lowest BCUT2D eigenvalue weighted by Gasteiger charge is -2.18. The number of methoxy groups -OCH3 is 3. The summed E-state index contributed by atoms with van der Waals surface area (Å²) in [7, 11) is 4.79. The number of benzene rings is 2. The van der Waals surface area contributed by atoms with Crippen LogP contribution in [0.2, 0.25) is 0 Å². The first-order chi connectivity index (χ1) is 15.7. The molecule has 7 nitrogen and oxygen atoms in total. The second kappa shape index (κ2) is 12.3. The summed E-state index contributed by atoms with van der Waals surface area (Å²) in [5.74, 6) is -0.467. The summed E-state index contributed by atoms with van der Waals surface area (Å²) in [5.41, 5.74) is 4.81. The third-order valence-corrected chi connectivity index (χ3v) is 5.40. The molecule has 2 N–H and O–H groups in total. The number of hydrogen-bond acceptors (Lipinski definition) is 5. The first-order valence-electron chi connectivity index (χ1n) is 10.4. The van der Waals surface area contributed by atoms with Crippen LogP contribution in [0.5, 0.6) is 11.5 Å². The number of ether oxygens (including phenoxy) is 3. The molecule has 1 atom stereocenters. The summed E-state index contributed by atoms with van der Waals surface area (Å²) in [6.45, 7) is 4.05. The normalized spacial score (nSPS) is 12.4. The molecule has 0 aromatic heterocycles. The Morgan fingerprint density at radius 1 is 1.03 bits per heavy atom. The molecule has 0 saturated heterocycles. The van der Waals surface area contributed by atoms with Crippen molar-refractivity contribution in [2.75, 3.05) is 21.3 Å². The van der Waals surface area contributed by atoms with Crippen molar-refractivity contribution in [2.24, 2.45) is 5.92 Å². The maximum atomic E-state index is 12.4. The van der Waals surface area contributed by atoms with Crippen molar-refractivity contribution in [3.05, 3.63) is 58.6 Å². The van der Waals surface area contributed by atoms with Gasteiger partial charge in [-0.15, -0.1) is 0 Å². The maximum Gasteiger partial charge on any atom is 0.326 e. The van der Waals surface area contributed by atoms with Crippen LogP contribution in [0, 0.1) is 5.92 Å². The summed E-state index contributed by atoms with van der Waals surface area (Å²) < 4.78 is 16.4. The molecule has 0 aliphatic carbocycles. The molecule has 0 fully saturated rings. The van der Waals surface area contributed by atoms with Gasteiger partial charge in [-0.05, 0) is 34.7 Å². The number of carbonyl (C=O) groups is 2. The number of carboxylic acid groups (broad SMARTS) is 1. The quantitative estimate of drug-likeness (QED) is 0.467. The Morgan fingerprint density at radius 3 is 2.03 bits per heavy atom. The second-order valence-electron chi connectivity index (χ2n) is 7.79. The molecule has 0 heterocycles. The molecule has 0 unspecified atom stereocenters. The largest absolute Gasteiger partial charge is 0.496 e. The van der Waals surface area contributed by atoms with E-state index < -0.39 is 17.9 Å². The SMILES string of the molecule is COCc1cc(OC)c(-c2ccc(C[C@H](NC(=O)/C(=C\Cl)C(C)C)C(=O)O)cc2)c(OC)c1. The van der Waals surface area contributed by atoms with Crippen molar-refractivity contribution in [1.82, 2.24) is 5.32 Å². The van der Waals surface area contributed by atoms with Gasteiger partial charge in [0.15, 0.2) is 0 Å². The van der Waals surface area contributed by atoms with Gasteiger partial charge in [0, 0.05) is 24.6 Å². The minimum atomic E-state index is -1.12. The number of rotatable bonds is 11. The Labute approximate surface area is 199 Å². The van der Waals surface area contributed by atoms with E-state index in [2.05, 4.69) is 5.32 Å². The molecule has 0 aliphatic heterocycles. The molecule has 0 spiro atoms. The van der Waals surface area contributed by atoms with E-state index in [1.54, 1.807) is 21.3 Å². The topological polar surface area (TPSA) is 94.1 Å². The third-order valence-electron chi connectivity index (χ3n) is 5.16. The van der Waals surface area contributed by atoms with Crippen LogP contribution in [0.1, 0.15) is 25.0 Å². The number of nitrogens with one attached hydrogen (secondary N) is 1. The minimum Gasteiger partial charge on any atom is -0.496 e. The first-order valence-corrected chi connectivity index (χ1v) is 10.9. The third kappa shape index (κ3) is 6.73. The zero-order chi connectivity index (χ0) is 24.5. The predicted octanol–water partition coefficient (Wildman–Crippen LogP) is 4.41. The molecular weight excluding hydrogens is 446 g/mol. The van der Waals surface area contributed by atoms with Crippen LogP contribution in [0.3, 0.4) is 0 Å². The fraction of sp³-hybridized carbons (Fsp3) is 0.360. The Kier molecular flexibility index (Phi) is 9.75. The van der Waals surface area contributed by atoms with Gasteiger partial charge in [-0.3, -0.25) is 4.79 Å². The van der Waals surface area contributed by atoms with E-state index in [-0.39, 0.29) is 12.3 Å². The fourth-order valence-electron chi connectivity index (χ4n) is 3.42. The van der Waals surface area contributed by atoms with E-state index >= 15 is 0 Å². The van der Waals surface area contributed by atoms with E-state index in [1.807, 2.05) is 50.2 Å². The number of aliphatic carboxylic acids is 1. The maximum absolute atomic E-state index is 12.4. The molecule has 0 bridgehead atoms. The molecule has 2 aromatic rings. The summed E-state index contributed by atoms with van der Waals surface area (Å²) in [5, 5.41) is 12.2. The summed E-state index contributed by atoms with van der Waals surface area (Å²) in [6.07, 6.45) is 0.121. The van der Waals surface area contributed by atoms with Gasteiger partial charge in [0.1, 0.15) is 17.5 Å². The standard InChI is InChI=1S/C25H30ClNO6/c1-15(2)19(13-26)24(28)27-20(25(29)30)10-16-6-8-18(9-7-16)23-21(32-4)11-17(14-31-3)12-22(23)33-5/h6-9,11-13,15,20H,10,14H2,1-5H3,(H,27,28)(H,29,30)/b19-13-/t20-/m0/s1. The van der Waals surface area contributed by atoms with E-state index in [9.17, 15) is 14.7 Å².